The van der Waals surface area contributed by atoms with Crippen LogP contribution < -0.4 is 9.47 Å². The van der Waals surface area contributed by atoms with E-state index in [4.69, 9.17) is 9.47 Å². The van der Waals surface area contributed by atoms with E-state index in [-0.39, 0.29) is 11.9 Å². The maximum atomic E-state index is 12.8. The highest BCUT2D eigenvalue weighted by Gasteiger charge is 2.29. The fourth-order valence-corrected chi connectivity index (χ4v) is 4.38. The molecule has 0 aliphatic carbocycles. The van der Waals surface area contributed by atoms with Gasteiger partial charge in [0.25, 0.3) is 0 Å². The summed E-state index contributed by atoms with van der Waals surface area (Å²) in [5, 5.41) is 2.05. The summed E-state index contributed by atoms with van der Waals surface area (Å²) in [7, 11) is 0. The predicted molar refractivity (Wildman–Crippen MR) is 104 cm³/mol. The molecule has 4 rings (SSSR count). The summed E-state index contributed by atoms with van der Waals surface area (Å²) < 4.78 is 11.5. The Labute approximate surface area is 158 Å². The van der Waals surface area contributed by atoms with Gasteiger partial charge in [0.05, 0.1) is 19.3 Å². The first-order valence-corrected chi connectivity index (χ1v) is 10.0. The molecule has 2 aliphatic heterocycles. The minimum absolute atomic E-state index is 0.0763. The lowest BCUT2D eigenvalue weighted by atomic mass is 10.0. The van der Waals surface area contributed by atoms with Crippen LogP contribution in [0.15, 0.2) is 35.7 Å². The molecule has 0 spiro atoms. The monoisotopic (exact) mass is 369 g/mol. The van der Waals surface area contributed by atoms with Gasteiger partial charge in [0, 0.05) is 23.9 Å². The summed E-state index contributed by atoms with van der Waals surface area (Å²) in [6.07, 6.45) is 6.55. The molecule has 0 saturated carbocycles. The molecule has 0 bridgehead atoms. The number of rotatable bonds is 3. The van der Waals surface area contributed by atoms with Gasteiger partial charge in [-0.2, -0.15) is 0 Å². The van der Waals surface area contributed by atoms with Crippen molar-refractivity contribution in [2.24, 2.45) is 0 Å². The average Bonchev–Trinajstić information content (AvgIpc) is 3.23. The zero-order chi connectivity index (χ0) is 17.9. The lowest BCUT2D eigenvalue weighted by molar-refractivity contribution is -0.126. The quantitative estimate of drug-likeness (QED) is 0.743. The third-order valence-corrected chi connectivity index (χ3v) is 5.96. The van der Waals surface area contributed by atoms with E-state index in [9.17, 15) is 4.79 Å². The minimum Gasteiger partial charge on any atom is -0.490 e. The van der Waals surface area contributed by atoms with Crippen LogP contribution in [-0.4, -0.2) is 30.6 Å². The van der Waals surface area contributed by atoms with E-state index in [0.29, 0.717) is 13.2 Å². The van der Waals surface area contributed by atoms with Gasteiger partial charge >= 0.3 is 0 Å². The van der Waals surface area contributed by atoms with Gasteiger partial charge in [-0.05, 0) is 60.5 Å². The first kappa shape index (κ1) is 17.2. The molecule has 0 radical (unpaired) electrons. The van der Waals surface area contributed by atoms with Crippen LogP contribution in [0.2, 0.25) is 0 Å². The van der Waals surface area contributed by atoms with Crippen molar-refractivity contribution in [3.05, 3.63) is 51.7 Å². The molecule has 2 aliphatic rings. The molecule has 1 aromatic carbocycles. The summed E-state index contributed by atoms with van der Waals surface area (Å²) in [4.78, 5) is 15.9. The van der Waals surface area contributed by atoms with Gasteiger partial charge in [0.2, 0.25) is 5.91 Å². The zero-order valence-corrected chi connectivity index (χ0v) is 15.8. The Morgan fingerprint density at radius 3 is 2.85 bits per heavy atom. The van der Waals surface area contributed by atoms with E-state index in [0.717, 1.165) is 47.7 Å². The number of hydrogen-bond acceptors (Lipinski definition) is 4. The number of carbonyl (C=O) groups is 1. The van der Waals surface area contributed by atoms with Crippen molar-refractivity contribution in [2.75, 3.05) is 19.8 Å². The predicted octanol–water partition coefficient (Wildman–Crippen LogP) is 4.59. The fourth-order valence-electron chi connectivity index (χ4n) is 3.56. The summed E-state index contributed by atoms with van der Waals surface area (Å²) in [5.74, 6) is 1.67. The molecular formula is C21H23NO3S. The number of nitrogens with zero attached hydrogens (tertiary/aromatic N) is 1. The van der Waals surface area contributed by atoms with Crippen molar-refractivity contribution in [3.8, 4) is 11.5 Å². The van der Waals surface area contributed by atoms with E-state index < -0.39 is 0 Å². The van der Waals surface area contributed by atoms with Crippen molar-refractivity contribution in [1.82, 2.24) is 4.90 Å². The number of aryl methyl sites for hydroxylation is 1. The standard InChI is InChI=1S/C21H23NO3S/c1-15-9-13-26-20(15)7-8-21(23)22-10-2-4-17(22)16-5-6-18-19(14-16)25-12-3-11-24-18/h5-9,13-14,17H,2-4,10-12H2,1H3. The molecule has 1 fully saturated rings. The third-order valence-electron chi connectivity index (χ3n) is 4.97. The van der Waals surface area contributed by atoms with Crippen LogP contribution in [0.3, 0.4) is 0 Å². The molecule has 136 valence electrons. The molecule has 1 unspecified atom stereocenters. The lowest BCUT2D eigenvalue weighted by Crippen LogP contribution is -2.28. The van der Waals surface area contributed by atoms with Crippen LogP contribution in [0.5, 0.6) is 11.5 Å². The van der Waals surface area contributed by atoms with E-state index in [1.807, 2.05) is 23.1 Å². The molecule has 2 aromatic rings. The van der Waals surface area contributed by atoms with Crippen LogP contribution >= 0.6 is 11.3 Å². The average molecular weight is 369 g/mol. The minimum atomic E-state index is 0.0763. The van der Waals surface area contributed by atoms with Gasteiger partial charge in [-0.3, -0.25) is 4.79 Å². The second-order valence-corrected chi connectivity index (χ2v) is 7.70. The number of amides is 1. The Hall–Kier alpha value is -2.27. The Balaban J connectivity index is 1.53. The summed E-state index contributed by atoms with van der Waals surface area (Å²) in [5.41, 5.74) is 2.33. The van der Waals surface area contributed by atoms with Crippen molar-refractivity contribution in [1.29, 1.82) is 0 Å². The fraction of sp³-hybridized carbons (Fsp3) is 0.381. The Morgan fingerprint density at radius 2 is 2.04 bits per heavy atom. The number of likely N-dealkylation sites (tertiary alicyclic amines) is 1. The van der Waals surface area contributed by atoms with Gasteiger partial charge in [-0.15, -0.1) is 11.3 Å². The summed E-state index contributed by atoms with van der Waals surface area (Å²) >= 11 is 1.66. The number of carbonyl (C=O) groups excluding carboxylic acids is 1. The zero-order valence-electron chi connectivity index (χ0n) is 14.9. The van der Waals surface area contributed by atoms with Crippen molar-refractivity contribution in [3.63, 3.8) is 0 Å². The van der Waals surface area contributed by atoms with Crippen LogP contribution in [0, 0.1) is 6.92 Å². The second kappa shape index (κ2) is 7.54. The van der Waals surface area contributed by atoms with E-state index in [2.05, 4.69) is 24.4 Å². The maximum absolute atomic E-state index is 12.8. The van der Waals surface area contributed by atoms with Crippen LogP contribution in [-0.2, 0) is 4.79 Å². The number of benzene rings is 1. The smallest absolute Gasteiger partial charge is 0.247 e. The molecule has 1 amide bonds. The molecule has 0 N–H and O–H groups in total. The van der Waals surface area contributed by atoms with Gasteiger partial charge < -0.3 is 14.4 Å². The largest absolute Gasteiger partial charge is 0.490 e. The number of ether oxygens (including phenoxy) is 2. The molecule has 1 atom stereocenters. The Kier molecular flexibility index (Phi) is 4.98. The first-order chi connectivity index (χ1) is 12.7. The van der Waals surface area contributed by atoms with Crippen LogP contribution in [0.25, 0.3) is 6.08 Å². The molecule has 26 heavy (non-hydrogen) atoms. The molecule has 5 heteroatoms. The van der Waals surface area contributed by atoms with Crippen LogP contribution in [0.4, 0.5) is 0 Å². The maximum Gasteiger partial charge on any atom is 0.247 e. The lowest BCUT2D eigenvalue weighted by Gasteiger charge is -2.24. The second-order valence-electron chi connectivity index (χ2n) is 6.75. The summed E-state index contributed by atoms with van der Waals surface area (Å²) in [6.45, 7) is 4.22. The SMILES string of the molecule is Cc1ccsc1C=CC(=O)N1CCCC1c1ccc2c(c1)OCCCO2. The normalized spacial score (nSPS) is 19.7. The van der Waals surface area contributed by atoms with Gasteiger partial charge in [0.15, 0.2) is 11.5 Å². The van der Waals surface area contributed by atoms with Crippen LogP contribution in [0.1, 0.15) is 41.3 Å². The Morgan fingerprint density at radius 1 is 1.19 bits per heavy atom. The van der Waals surface area contributed by atoms with E-state index in [1.54, 1.807) is 17.4 Å². The van der Waals surface area contributed by atoms with E-state index >= 15 is 0 Å². The highest BCUT2D eigenvalue weighted by Crippen LogP contribution is 2.38. The van der Waals surface area contributed by atoms with Gasteiger partial charge in [-0.25, -0.2) is 0 Å². The number of fused-ring (bicyclic) bond motifs is 1. The highest BCUT2D eigenvalue weighted by atomic mass is 32.1. The summed E-state index contributed by atoms with van der Waals surface area (Å²) in [6, 6.07) is 8.27. The molecular weight excluding hydrogens is 346 g/mol. The molecule has 1 aromatic heterocycles. The highest BCUT2D eigenvalue weighted by molar-refractivity contribution is 7.11. The van der Waals surface area contributed by atoms with Crippen molar-refractivity contribution >= 4 is 23.3 Å². The van der Waals surface area contributed by atoms with Gasteiger partial charge in [-0.1, -0.05) is 6.07 Å². The molecule has 3 heterocycles. The first-order valence-electron chi connectivity index (χ1n) is 9.15. The number of thiophene rings is 1. The molecule has 1 saturated heterocycles. The molecule has 4 nitrogen and oxygen atoms in total. The topological polar surface area (TPSA) is 38.8 Å². The Bertz CT molecular complexity index is 826. The van der Waals surface area contributed by atoms with E-state index in [1.165, 1.54) is 5.56 Å². The number of hydrogen-bond donors (Lipinski definition) is 0. The van der Waals surface area contributed by atoms with Crippen molar-refractivity contribution in [2.45, 2.75) is 32.2 Å². The van der Waals surface area contributed by atoms with Gasteiger partial charge in [0.1, 0.15) is 0 Å². The van der Waals surface area contributed by atoms with Crippen molar-refractivity contribution < 1.29 is 14.3 Å². The third kappa shape index (κ3) is 3.49.